The van der Waals surface area contributed by atoms with Gasteiger partial charge >= 0.3 is 0 Å². The van der Waals surface area contributed by atoms with Gasteiger partial charge in [-0.15, -0.1) is 0 Å². The van der Waals surface area contributed by atoms with Crippen LogP contribution >= 0.6 is 12.2 Å². The Bertz CT molecular complexity index is 487. The van der Waals surface area contributed by atoms with Crippen LogP contribution in [0.1, 0.15) is 18.4 Å². The Hall–Kier alpha value is -1.50. The lowest BCUT2D eigenvalue weighted by molar-refractivity contribution is -0.117. The van der Waals surface area contributed by atoms with Crippen LogP contribution in [0.15, 0.2) is 24.3 Å². The molecule has 0 aliphatic carbocycles. The number of amides is 1. The minimum Gasteiger partial charge on any atom is -0.389 e. The zero-order valence-electron chi connectivity index (χ0n) is 11.1. The maximum absolute atomic E-state index is 11.9. The van der Waals surface area contributed by atoms with E-state index in [1.54, 1.807) is 12.1 Å². The van der Waals surface area contributed by atoms with Crippen molar-refractivity contribution in [2.24, 2.45) is 5.73 Å². The second-order valence-electron chi connectivity index (χ2n) is 4.56. The first-order valence-corrected chi connectivity index (χ1v) is 6.95. The van der Waals surface area contributed by atoms with Crippen LogP contribution in [-0.4, -0.2) is 36.8 Å². The molecule has 2 rings (SSSR count). The number of carbonyl (C=O) groups excluding carboxylic acids is 1. The first-order valence-electron chi connectivity index (χ1n) is 6.55. The van der Waals surface area contributed by atoms with Crippen LogP contribution in [0.3, 0.4) is 0 Å². The number of carbonyl (C=O) groups is 1. The van der Waals surface area contributed by atoms with Crippen molar-refractivity contribution in [1.29, 1.82) is 0 Å². The van der Waals surface area contributed by atoms with Gasteiger partial charge in [-0.05, 0) is 18.6 Å². The number of thiocarbonyl (C=S) groups is 1. The molecular formula is C14H18N2O3S. The molecule has 0 saturated carbocycles. The van der Waals surface area contributed by atoms with E-state index >= 15 is 0 Å². The summed E-state index contributed by atoms with van der Waals surface area (Å²) in [6.07, 6.45) is 1.31. The van der Waals surface area contributed by atoms with Crippen LogP contribution < -0.4 is 11.1 Å². The van der Waals surface area contributed by atoms with Crippen LogP contribution in [0.4, 0.5) is 5.69 Å². The fourth-order valence-corrected chi connectivity index (χ4v) is 2.16. The summed E-state index contributed by atoms with van der Waals surface area (Å²) in [6.45, 7) is 1.74. The van der Waals surface area contributed by atoms with Crippen molar-refractivity contribution in [1.82, 2.24) is 0 Å². The van der Waals surface area contributed by atoms with Gasteiger partial charge in [0.1, 0.15) is 4.99 Å². The highest BCUT2D eigenvalue weighted by molar-refractivity contribution is 7.80. The second kappa shape index (κ2) is 7.33. The molecule has 6 heteroatoms. The van der Waals surface area contributed by atoms with Gasteiger partial charge in [0.2, 0.25) is 5.91 Å². The molecule has 1 heterocycles. The molecule has 1 amide bonds. The molecule has 0 aromatic heterocycles. The Morgan fingerprint density at radius 2 is 2.30 bits per heavy atom. The van der Waals surface area contributed by atoms with Gasteiger partial charge in [-0.3, -0.25) is 4.79 Å². The molecule has 1 saturated heterocycles. The SMILES string of the molecule is NC(=S)c1ccccc1NC(=O)CCOC1CCOC1. The van der Waals surface area contributed by atoms with Crippen LogP contribution in [0.25, 0.3) is 0 Å². The van der Waals surface area contributed by atoms with Crippen LogP contribution in [0.2, 0.25) is 0 Å². The highest BCUT2D eigenvalue weighted by atomic mass is 32.1. The summed E-state index contributed by atoms with van der Waals surface area (Å²) in [5.74, 6) is -0.118. The van der Waals surface area contributed by atoms with E-state index in [2.05, 4.69) is 5.32 Å². The van der Waals surface area contributed by atoms with E-state index < -0.39 is 0 Å². The van der Waals surface area contributed by atoms with Crippen LogP contribution in [-0.2, 0) is 14.3 Å². The van der Waals surface area contributed by atoms with Crippen molar-refractivity contribution in [3.63, 3.8) is 0 Å². The molecule has 1 fully saturated rings. The van der Waals surface area contributed by atoms with Crippen molar-refractivity contribution in [2.75, 3.05) is 25.1 Å². The summed E-state index contributed by atoms with van der Waals surface area (Å²) in [7, 11) is 0. The lowest BCUT2D eigenvalue weighted by Gasteiger charge is -2.11. The lowest BCUT2D eigenvalue weighted by Crippen LogP contribution is -2.20. The van der Waals surface area contributed by atoms with E-state index in [4.69, 9.17) is 27.4 Å². The molecule has 0 radical (unpaired) electrons. The first kappa shape index (κ1) is 14.9. The van der Waals surface area contributed by atoms with Gasteiger partial charge in [-0.25, -0.2) is 0 Å². The third-order valence-electron chi connectivity index (χ3n) is 3.04. The summed E-state index contributed by atoms with van der Waals surface area (Å²) < 4.78 is 10.8. The average molecular weight is 294 g/mol. The average Bonchev–Trinajstić information content (AvgIpc) is 2.92. The van der Waals surface area contributed by atoms with Crippen molar-refractivity contribution < 1.29 is 14.3 Å². The zero-order valence-corrected chi connectivity index (χ0v) is 11.9. The Morgan fingerprint density at radius 3 is 3.00 bits per heavy atom. The zero-order chi connectivity index (χ0) is 14.4. The largest absolute Gasteiger partial charge is 0.389 e. The number of para-hydroxylation sites is 1. The second-order valence-corrected chi connectivity index (χ2v) is 5.00. The van der Waals surface area contributed by atoms with E-state index in [-0.39, 0.29) is 17.0 Å². The summed E-state index contributed by atoms with van der Waals surface area (Å²) in [5, 5.41) is 2.80. The predicted octanol–water partition coefficient (Wildman–Crippen LogP) is 1.45. The number of rotatable bonds is 6. The van der Waals surface area contributed by atoms with Crippen LogP contribution in [0.5, 0.6) is 0 Å². The lowest BCUT2D eigenvalue weighted by atomic mass is 10.1. The van der Waals surface area contributed by atoms with Gasteiger partial charge in [-0.2, -0.15) is 0 Å². The summed E-state index contributed by atoms with van der Waals surface area (Å²) in [6, 6.07) is 7.21. The molecule has 1 aliphatic heterocycles. The van der Waals surface area contributed by atoms with E-state index in [1.165, 1.54) is 0 Å². The number of benzene rings is 1. The summed E-state index contributed by atoms with van der Waals surface area (Å²) in [4.78, 5) is 12.1. The molecule has 0 bridgehead atoms. The van der Waals surface area contributed by atoms with Gasteiger partial charge in [0.05, 0.1) is 31.4 Å². The first-order chi connectivity index (χ1) is 9.66. The third-order valence-corrected chi connectivity index (χ3v) is 3.26. The monoisotopic (exact) mass is 294 g/mol. The smallest absolute Gasteiger partial charge is 0.226 e. The van der Waals surface area contributed by atoms with E-state index in [0.29, 0.717) is 30.9 Å². The van der Waals surface area contributed by atoms with Gasteiger partial charge in [-0.1, -0.05) is 24.4 Å². The van der Waals surface area contributed by atoms with Crippen molar-refractivity contribution in [2.45, 2.75) is 18.9 Å². The molecule has 1 aliphatic rings. The predicted molar refractivity (Wildman–Crippen MR) is 80.8 cm³/mol. The van der Waals surface area contributed by atoms with Crippen LogP contribution in [0, 0.1) is 0 Å². The van der Waals surface area contributed by atoms with E-state index in [1.807, 2.05) is 12.1 Å². The molecular weight excluding hydrogens is 276 g/mol. The fourth-order valence-electron chi connectivity index (χ4n) is 1.98. The molecule has 0 spiro atoms. The van der Waals surface area contributed by atoms with Gasteiger partial charge in [0, 0.05) is 12.2 Å². The summed E-state index contributed by atoms with van der Waals surface area (Å²) >= 11 is 4.95. The fraction of sp³-hybridized carbons (Fsp3) is 0.429. The van der Waals surface area contributed by atoms with Crippen molar-refractivity contribution in [3.8, 4) is 0 Å². The highest BCUT2D eigenvalue weighted by Crippen LogP contribution is 2.15. The number of hydrogen-bond donors (Lipinski definition) is 2. The number of anilines is 1. The van der Waals surface area contributed by atoms with E-state index in [0.717, 1.165) is 13.0 Å². The molecule has 1 aromatic carbocycles. The van der Waals surface area contributed by atoms with Gasteiger partial charge in [0.25, 0.3) is 0 Å². The number of ether oxygens (including phenoxy) is 2. The van der Waals surface area contributed by atoms with Crippen molar-refractivity contribution >= 4 is 28.8 Å². The Labute approximate surface area is 123 Å². The number of nitrogens with two attached hydrogens (primary N) is 1. The van der Waals surface area contributed by atoms with Gasteiger partial charge in [0.15, 0.2) is 0 Å². The molecule has 1 aromatic rings. The highest BCUT2D eigenvalue weighted by Gasteiger charge is 2.16. The molecule has 5 nitrogen and oxygen atoms in total. The van der Waals surface area contributed by atoms with Crippen molar-refractivity contribution in [3.05, 3.63) is 29.8 Å². The quantitative estimate of drug-likeness (QED) is 0.777. The Morgan fingerprint density at radius 1 is 1.50 bits per heavy atom. The minimum absolute atomic E-state index is 0.117. The molecule has 108 valence electrons. The standard InChI is InChI=1S/C14H18N2O3S/c15-14(20)11-3-1-2-4-12(11)16-13(17)6-8-19-10-5-7-18-9-10/h1-4,10H,5-9H2,(H2,15,20)(H,16,17). The number of nitrogens with one attached hydrogen (secondary N) is 1. The molecule has 3 N–H and O–H groups in total. The molecule has 1 unspecified atom stereocenters. The Kier molecular flexibility index (Phi) is 5.46. The Balaban J connectivity index is 1.80. The van der Waals surface area contributed by atoms with E-state index in [9.17, 15) is 4.79 Å². The maximum atomic E-state index is 11.9. The third kappa shape index (κ3) is 4.26. The molecule has 1 atom stereocenters. The topological polar surface area (TPSA) is 73.6 Å². The molecule has 20 heavy (non-hydrogen) atoms. The maximum Gasteiger partial charge on any atom is 0.226 e. The minimum atomic E-state index is -0.118. The van der Waals surface area contributed by atoms with Gasteiger partial charge < -0.3 is 20.5 Å². The normalized spacial score (nSPS) is 17.9. The summed E-state index contributed by atoms with van der Waals surface area (Å²) in [5.41, 5.74) is 6.92. The number of hydrogen-bond acceptors (Lipinski definition) is 4.